The molecule has 0 bridgehead atoms. The first-order valence-electron chi connectivity index (χ1n) is 9.13. The van der Waals surface area contributed by atoms with Gasteiger partial charge < -0.3 is 9.64 Å². The number of hydrogen-bond acceptors (Lipinski definition) is 3. The molecule has 0 aromatic heterocycles. The van der Waals surface area contributed by atoms with Crippen LogP contribution in [0.5, 0.6) is 0 Å². The average molecular weight is 326 g/mol. The largest absolute Gasteiger partial charge is 0.373 e. The maximum absolute atomic E-state index is 12.6. The number of rotatable bonds is 4. The molecule has 2 fully saturated rings. The monoisotopic (exact) mass is 326 g/mol. The minimum Gasteiger partial charge on any atom is -0.373 e. The Morgan fingerprint density at radius 2 is 2.08 bits per heavy atom. The van der Waals surface area contributed by atoms with Crippen LogP contribution in [0.4, 0.5) is 0 Å². The summed E-state index contributed by atoms with van der Waals surface area (Å²) in [5.74, 6) is 0.741. The Bertz CT molecular complexity index is 601. The minimum atomic E-state index is 0.172. The number of amides is 1. The zero-order valence-corrected chi connectivity index (χ0v) is 14.1. The molecule has 1 aromatic rings. The fraction of sp³-hybridized carbons (Fsp3) is 0.550. The molecule has 1 aliphatic carbocycles. The average Bonchev–Trinajstić information content (AvgIpc) is 3.25. The Balaban J connectivity index is 1.38. The summed E-state index contributed by atoms with van der Waals surface area (Å²) in [5.41, 5.74) is 1.33. The van der Waals surface area contributed by atoms with Gasteiger partial charge in [0.05, 0.1) is 18.8 Å². The Morgan fingerprint density at radius 1 is 1.21 bits per heavy atom. The van der Waals surface area contributed by atoms with E-state index in [-0.39, 0.29) is 6.10 Å². The van der Waals surface area contributed by atoms with Crippen molar-refractivity contribution in [2.75, 3.05) is 26.2 Å². The fourth-order valence-corrected chi connectivity index (χ4v) is 4.19. The zero-order valence-electron chi connectivity index (χ0n) is 14.1. The van der Waals surface area contributed by atoms with Gasteiger partial charge in [-0.15, -0.1) is 0 Å². The van der Waals surface area contributed by atoms with E-state index < -0.39 is 0 Å². The summed E-state index contributed by atoms with van der Waals surface area (Å²) in [6.07, 6.45) is 7.49. The number of hydrogen-bond donors (Lipinski definition) is 0. The molecule has 4 nitrogen and oxygen atoms in total. The van der Waals surface area contributed by atoms with Crippen molar-refractivity contribution in [2.45, 2.75) is 38.0 Å². The number of allylic oxidation sites excluding steroid dienone is 2. The molecule has 1 aromatic carbocycles. The molecule has 4 heteroatoms. The van der Waals surface area contributed by atoms with Crippen molar-refractivity contribution in [3.8, 4) is 0 Å². The second-order valence-corrected chi connectivity index (χ2v) is 7.20. The van der Waals surface area contributed by atoms with Gasteiger partial charge in [-0.05, 0) is 24.3 Å². The molecule has 128 valence electrons. The Labute approximate surface area is 144 Å². The molecule has 2 heterocycles. The van der Waals surface area contributed by atoms with Crippen LogP contribution in [-0.2, 0) is 16.1 Å². The number of benzene rings is 1. The molecular formula is C20H26N2O2. The molecule has 0 spiro atoms. The molecular weight excluding hydrogens is 300 g/mol. The summed E-state index contributed by atoms with van der Waals surface area (Å²) >= 11 is 0. The highest BCUT2D eigenvalue weighted by Crippen LogP contribution is 2.27. The van der Waals surface area contributed by atoms with Gasteiger partial charge in [0.25, 0.3) is 0 Å². The van der Waals surface area contributed by atoms with Gasteiger partial charge in [0, 0.05) is 32.6 Å². The maximum atomic E-state index is 12.6. The molecule has 2 saturated heterocycles. The Kier molecular flexibility index (Phi) is 4.67. The fourth-order valence-electron chi connectivity index (χ4n) is 4.19. The van der Waals surface area contributed by atoms with E-state index in [1.807, 2.05) is 4.90 Å². The van der Waals surface area contributed by atoms with Gasteiger partial charge in [-0.25, -0.2) is 0 Å². The molecule has 4 rings (SSSR count). The topological polar surface area (TPSA) is 32.8 Å². The van der Waals surface area contributed by atoms with Gasteiger partial charge >= 0.3 is 0 Å². The third kappa shape index (κ3) is 3.40. The van der Waals surface area contributed by atoms with Crippen LogP contribution in [0, 0.1) is 5.92 Å². The minimum absolute atomic E-state index is 0.172. The summed E-state index contributed by atoms with van der Waals surface area (Å²) in [4.78, 5) is 17.2. The van der Waals surface area contributed by atoms with E-state index in [2.05, 4.69) is 47.4 Å². The smallest absolute Gasteiger partial charge is 0.223 e. The van der Waals surface area contributed by atoms with E-state index in [9.17, 15) is 4.79 Å². The number of fused-ring (bicyclic) bond motifs is 1. The van der Waals surface area contributed by atoms with Gasteiger partial charge in [0.1, 0.15) is 0 Å². The van der Waals surface area contributed by atoms with Crippen molar-refractivity contribution in [1.82, 2.24) is 9.80 Å². The van der Waals surface area contributed by atoms with Crippen molar-refractivity contribution < 1.29 is 9.53 Å². The molecule has 2 aliphatic heterocycles. The first-order chi connectivity index (χ1) is 11.8. The van der Waals surface area contributed by atoms with Gasteiger partial charge in [-0.2, -0.15) is 0 Å². The first kappa shape index (κ1) is 15.9. The summed E-state index contributed by atoms with van der Waals surface area (Å²) in [6, 6.07) is 10.9. The second-order valence-electron chi connectivity index (χ2n) is 7.20. The predicted molar refractivity (Wildman–Crippen MR) is 93.4 cm³/mol. The van der Waals surface area contributed by atoms with Gasteiger partial charge in [0.2, 0.25) is 5.91 Å². The molecule has 0 saturated carbocycles. The third-order valence-electron chi connectivity index (χ3n) is 5.55. The number of ether oxygens (including phenoxy) is 1. The maximum Gasteiger partial charge on any atom is 0.223 e. The lowest BCUT2D eigenvalue weighted by atomic mass is 10.0. The highest BCUT2D eigenvalue weighted by molar-refractivity contribution is 5.77. The molecule has 0 unspecified atom stereocenters. The van der Waals surface area contributed by atoms with Crippen LogP contribution in [0.3, 0.4) is 0 Å². The van der Waals surface area contributed by atoms with Crippen LogP contribution in [0.25, 0.3) is 0 Å². The number of nitrogens with zero attached hydrogens (tertiary/aromatic N) is 2. The van der Waals surface area contributed by atoms with E-state index in [1.165, 1.54) is 5.56 Å². The molecule has 0 radical (unpaired) electrons. The standard InChI is InChI=1S/C20H26N2O2/c23-20(12-16-6-4-5-7-16)22-14-18-19(15-22)24-11-10-21(18)13-17-8-2-1-3-9-17/h1-4,6,8-9,16,18-19H,5,7,10-15H2/t16-,18+,19-/m1/s1. The third-order valence-corrected chi connectivity index (χ3v) is 5.55. The molecule has 1 amide bonds. The normalized spacial score (nSPS) is 29.8. The molecule has 3 aliphatic rings. The van der Waals surface area contributed by atoms with E-state index >= 15 is 0 Å². The lowest BCUT2D eigenvalue weighted by molar-refractivity contribution is -0.131. The predicted octanol–water partition coefficient (Wildman–Crippen LogP) is 2.45. The summed E-state index contributed by atoms with van der Waals surface area (Å²) in [7, 11) is 0. The van der Waals surface area contributed by atoms with Crippen molar-refractivity contribution >= 4 is 5.91 Å². The lowest BCUT2D eigenvalue weighted by Gasteiger charge is -2.36. The highest BCUT2D eigenvalue weighted by atomic mass is 16.5. The van der Waals surface area contributed by atoms with E-state index in [0.29, 0.717) is 24.3 Å². The summed E-state index contributed by atoms with van der Waals surface area (Å²) in [5, 5.41) is 0. The lowest BCUT2D eigenvalue weighted by Crippen LogP contribution is -2.50. The van der Waals surface area contributed by atoms with E-state index in [0.717, 1.165) is 45.6 Å². The molecule has 24 heavy (non-hydrogen) atoms. The number of likely N-dealkylation sites (tertiary alicyclic amines) is 1. The summed E-state index contributed by atoms with van der Waals surface area (Å²) < 4.78 is 5.97. The van der Waals surface area contributed by atoms with Crippen LogP contribution >= 0.6 is 0 Å². The van der Waals surface area contributed by atoms with Crippen LogP contribution in [0.2, 0.25) is 0 Å². The van der Waals surface area contributed by atoms with Gasteiger partial charge in [-0.3, -0.25) is 9.69 Å². The van der Waals surface area contributed by atoms with Gasteiger partial charge in [0.15, 0.2) is 0 Å². The van der Waals surface area contributed by atoms with Crippen LogP contribution < -0.4 is 0 Å². The van der Waals surface area contributed by atoms with Crippen molar-refractivity contribution in [3.63, 3.8) is 0 Å². The zero-order chi connectivity index (χ0) is 16.4. The van der Waals surface area contributed by atoms with Crippen molar-refractivity contribution in [1.29, 1.82) is 0 Å². The molecule has 0 N–H and O–H groups in total. The van der Waals surface area contributed by atoms with Crippen LogP contribution in [0.15, 0.2) is 42.5 Å². The van der Waals surface area contributed by atoms with Gasteiger partial charge in [-0.1, -0.05) is 42.5 Å². The van der Waals surface area contributed by atoms with Crippen molar-refractivity contribution in [3.05, 3.63) is 48.0 Å². The number of carbonyl (C=O) groups excluding carboxylic acids is 1. The van der Waals surface area contributed by atoms with Crippen molar-refractivity contribution in [2.24, 2.45) is 5.92 Å². The van der Waals surface area contributed by atoms with E-state index in [4.69, 9.17) is 4.74 Å². The highest BCUT2D eigenvalue weighted by Gasteiger charge is 2.41. The Morgan fingerprint density at radius 3 is 2.88 bits per heavy atom. The molecule has 3 atom stereocenters. The second kappa shape index (κ2) is 7.08. The van der Waals surface area contributed by atoms with E-state index in [1.54, 1.807) is 0 Å². The SMILES string of the molecule is O=C(C[C@@H]1C=CCC1)N1C[C@H]2OCCN(Cc3ccccc3)[C@H]2C1. The first-order valence-corrected chi connectivity index (χ1v) is 9.13. The number of carbonyl (C=O) groups is 1. The van der Waals surface area contributed by atoms with Crippen LogP contribution in [0.1, 0.15) is 24.8 Å². The quantitative estimate of drug-likeness (QED) is 0.797. The Hall–Kier alpha value is -1.65. The summed E-state index contributed by atoms with van der Waals surface area (Å²) in [6.45, 7) is 4.22. The van der Waals surface area contributed by atoms with Crippen LogP contribution in [-0.4, -0.2) is 54.1 Å². The number of morpholine rings is 1.